The molecule has 0 spiro atoms. The van der Waals surface area contributed by atoms with E-state index in [-0.39, 0.29) is 17.8 Å². The minimum atomic E-state index is -4.96. The molecule has 0 amide bonds. The normalized spacial score (nSPS) is 12.1. The molecule has 0 saturated carbocycles. The fraction of sp³-hybridized carbons (Fsp3) is 0.333. The average molecular weight is 458 g/mol. The van der Waals surface area contributed by atoms with Crippen molar-refractivity contribution in [1.29, 1.82) is 0 Å². The molecule has 3 rings (SSSR count). The molecule has 0 saturated heterocycles. The summed E-state index contributed by atoms with van der Waals surface area (Å²) in [6.45, 7) is 4.60. The highest BCUT2D eigenvalue weighted by molar-refractivity contribution is 5.92. The summed E-state index contributed by atoms with van der Waals surface area (Å²) < 4.78 is 84.8. The third-order valence-corrected chi connectivity index (χ3v) is 4.36. The molecule has 2 aromatic carbocycles. The van der Waals surface area contributed by atoms with Crippen molar-refractivity contribution in [3.8, 4) is 5.75 Å². The van der Waals surface area contributed by atoms with Gasteiger partial charge in [0.25, 0.3) is 0 Å². The molecule has 3 aromatic rings. The van der Waals surface area contributed by atoms with E-state index in [9.17, 15) is 26.3 Å². The Balaban J connectivity index is 2.14. The van der Waals surface area contributed by atoms with Crippen LogP contribution in [-0.4, -0.2) is 23.1 Å². The summed E-state index contributed by atoms with van der Waals surface area (Å²) in [7, 11) is 0. The molecule has 0 unspecified atom stereocenters. The van der Waals surface area contributed by atoms with Crippen LogP contribution < -0.4 is 15.4 Å². The van der Waals surface area contributed by atoms with E-state index < -0.39 is 29.2 Å². The zero-order valence-electron chi connectivity index (χ0n) is 17.2. The van der Waals surface area contributed by atoms with E-state index >= 15 is 0 Å². The van der Waals surface area contributed by atoms with E-state index in [4.69, 9.17) is 4.74 Å². The van der Waals surface area contributed by atoms with E-state index in [0.29, 0.717) is 41.9 Å². The van der Waals surface area contributed by atoms with Crippen molar-refractivity contribution in [3.63, 3.8) is 0 Å². The number of halogens is 6. The summed E-state index contributed by atoms with van der Waals surface area (Å²) in [6.07, 6.45) is -9.15. The predicted octanol–water partition coefficient (Wildman–Crippen LogP) is 6.63. The van der Waals surface area contributed by atoms with Gasteiger partial charge in [-0.2, -0.15) is 31.3 Å². The Hall–Kier alpha value is -3.24. The molecular formula is C21H20F6N4O. The highest BCUT2D eigenvalue weighted by Crippen LogP contribution is 2.38. The molecule has 0 aliphatic carbocycles. The SMILES string of the molecule is CCCNc1nc(Nc2cc(C(F)(F)F)cc(C(F)(F)F)c2)c2cc(OCC)ccc2n1. The summed E-state index contributed by atoms with van der Waals surface area (Å²) in [5, 5.41) is 5.96. The first-order chi connectivity index (χ1) is 15.0. The van der Waals surface area contributed by atoms with Crippen LogP contribution in [0.3, 0.4) is 0 Å². The molecule has 1 heterocycles. The number of anilines is 3. The maximum Gasteiger partial charge on any atom is 0.416 e. The lowest BCUT2D eigenvalue weighted by Gasteiger charge is -2.16. The zero-order valence-corrected chi connectivity index (χ0v) is 17.2. The summed E-state index contributed by atoms with van der Waals surface area (Å²) in [4.78, 5) is 8.62. The molecule has 5 nitrogen and oxygen atoms in total. The van der Waals surface area contributed by atoms with Gasteiger partial charge >= 0.3 is 12.4 Å². The molecule has 172 valence electrons. The molecule has 0 aliphatic heterocycles. The first kappa shape index (κ1) is 23.4. The molecule has 0 radical (unpaired) electrons. The highest BCUT2D eigenvalue weighted by atomic mass is 19.4. The molecular weight excluding hydrogens is 438 g/mol. The van der Waals surface area contributed by atoms with Crippen LogP contribution in [0.1, 0.15) is 31.4 Å². The smallest absolute Gasteiger partial charge is 0.416 e. The molecule has 0 atom stereocenters. The van der Waals surface area contributed by atoms with Gasteiger partial charge in [0.15, 0.2) is 0 Å². The van der Waals surface area contributed by atoms with Crippen LogP contribution >= 0.6 is 0 Å². The Labute approximate surface area is 179 Å². The van der Waals surface area contributed by atoms with Gasteiger partial charge in [-0.3, -0.25) is 0 Å². The number of ether oxygens (including phenoxy) is 1. The van der Waals surface area contributed by atoms with Gasteiger partial charge in [-0.05, 0) is 49.7 Å². The molecule has 2 N–H and O–H groups in total. The monoisotopic (exact) mass is 458 g/mol. The van der Waals surface area contributed by atoms with Crippen LogP contribution in [0, 0.1) is 0 Å². The second-order valence-corrected chi connectivity index (χ2v) is 6.85. The number of rotatable bonds is 7. The van der Waals surface area contributed by atoms with E-state index in [2.05, 4.69) is 20.6 Å². The van der Waals surface area contributed by atoms with Gasteiger partial charge in [-0.25, -0.2) is 4.98 Å². The molecule has 32 heavy (non-hydrogen) atoms. The number of aromatic nitrogens is 2. The molecule has 0 bridgehead atoms. The van der Waals surface area contributed by atoms with Crippen molar-refractivity contribution in [2.45, 2.75) is 32.6 Å². The molecule has 0 aliphatic rings. The average Bonchev–Trinajstić information content (AvgIpc) is 2.71. The first-order valence-corrected chi connectivity index (χ1v) is 9.76. The topological polar surface area (TPSA) is 59.1 Å². The Kier molecular flexibility index (Phi) is 6.65. The Bertz CT molecular complexity index is 1070. The van der Waals surface area contributed by atoms with Crippen LogP contribution in [0.25, 0.3) is 10.9 Å². The number of hydrogen-bond donors (Lipinski definition) is 2. The van der Waals surface area contributed by atoms with Gasteiger partial charge in [0.1, 0.15) is 11.6 Å². The van der Waals surface area contributed by atoms with E-state index in [1.54, 1.807) is 25.1 Å². The standard InChI is InChI=1S/C21H20F6N4O/c1-3-7-28-19-30-17-6-5-15(32-4-2)11-16(17)18(31-19)29-14-9-12(20(22,23)24)8-13(10-14)21(25,26)27/h5-6,8-11H,3-4,7H2,1-2H3,(H2,28,29,30,31). The fourth-order valence-corrected chi connectivity index (χ4v) is 2.94. The van der Waals surface area contributed by atoms with Crippen molar-refractivity contribution in [2.24, 2.45) is 0 Å². The fourth-order valence-electron chi connectivity index (χ4n) is 2.94. The Morgan fingerprint density at radius 3 is 2.09 bits per heavy atom. The van der Waals surface area contributed by atoms with E-state index in [0.717, 1.165) is 6.42 Å². The number of nitrogens with zero attached hydrogens (tertiary/aromatic N) is 2. The van der Waals surface area contributed by atoms with Crippen LogP contribution in [0.2, 0.25) is 0 Å². The Morgan fingerprint density at radius 1 is 0.875 bits per heavy atom. The summed E-state index contributed by atoms with van der Waals surface area (Å²) in [5.74, 6) is 0.692. The lowest BCUT2D eigenvalue weighted by atomic mass is 10.1. The minimum absolute atomic E-state index is 0.0441. The Morgan fingerprint density at radius 2 is 1.53 bits per heavy atom. The number of nitrogens with one attached hydrogen (secondary N) is 2. The summed E-state index contributed by atoms with van der Waals surface area (Å²) >= 11 is 0. The molecule has 1 aromatic heterocycles. The third-order valence-electron chi connectivity index (χ3n) is 4.36. The summed E-state index contributed by atoms with van der Waals surface area (Å²) in [5.41, 5.74) is -2.82. The molecule has 0 fully saturated rings. The van der Waals surface area contributed by atoms with Crippen molar-refractivity contribution in [3.05, 3.63) is 47.5 Å². The van der Waals surface area contributed by atoms with Gasteiger partial charge in [-0.15, -0.1) is 0 Å². The summed E-state index contributed by atoms with van der Waals surface area (Å²) in [6, 6.07) is 6.16. The second kappa shape index (κ2) is 9.09. The van der Waals surface area contributed by atoms with Gasteiger partial charge < -0.3 is 15.4 Å². The number of fused-ring (bicyclic) bond motifs is 1. The van der Waals surface area contributed by atoms with Crippen molar-refractivity contribution >= 4 is 28.4 Å². The predicted molar refractivity (Wildman–Crippen MR) is 109 cm³/mol. The van der Waals surface area contributed by atoms with Gasteiger partial charge in [0, 0.05) is 17.6 Å². The van der Waals surface area contributed by atoms with Crippen LogP contribution in [0.15, 0.2) is 36.4 Å². The van der Waals surface area contributed by atoms with Crippen molar-refractivity contribution in [2.75, 3.05) is 23.8 Å². The van der Waals surface area contributed by atoms with Crippen molar-refractivity contribution in [1.82, 2.24) is 9.97 Å². The van der Waals surface area contributed by atoms with Crippen LogP contribution in [0.4, 0.5) is 43.8 Å². The lowest BCUT2D eigenvalue weighted by molar-refractivity contribution is -0.143. The zero-order chi connectivity index (χ0) is 23.5. The first-order valence-electron chi connectivity index (χ1n) is 9.76. The number of hydrogen-bond acceptors (Lipinski definition) is 5. The van der Waals surface area contributed by atoms with Gasteiger partial charge in [-0.1, -0.05) is 6.92 Å². The highest BCUT2D eigenvalue weighted by Gasteiger charge is 2.37. The number of alkyl halides is 6. The van der Waals surface area contributed by atoms with E-state index in [1.165, 1.54) is 0 Å². The quantitative estimate of drug-likeness (QED) is 0.389. The lowest BCUT2D eigenvalue weighted by Crippen LogP contribution is -2.12. The van der Waals surface area contributed by atoms with E-state index in [1.807, 2.05) is 6.92 Å². The van der Waals surface area contributed by atoms with Crippen molar-refractivity contribution < 1.29 is 31.1 Å². The second-order valence-electron chi connectivity index (χ2n) is 6.85. The largest absolute Gasteiger partial charge is 0.494 e. The maximum absolute atomic E-state index is 13.2. The van der Waals surface area contributed by atoms with Crippen LogP contribution in [-0.2, 0) is 12.4 Å². The maximum atomic E-state index is 13.2. The third kappa shape index (κ3) is 5.51. The minimum Gasteiger partial charge on any atom is -0.494 e. The van der Waals surface area contributed by atoms with Gasteiger partial charge in [0.05, 0.1) is 23.3 Å². The van der Waals surface area contributed by atoms with Gasteiger partial charge in [0.2, 0.25) is 5.95 Å². The molecule has 11 heteroatoms. The number of benzene rings is 2. The van der Waals surface area contributed by atoms with Crippen LogP contribution in [0.5, 0.6) is 5.75 Å².